The van der Waals surface area contributed by atoms with Crippen molar-refractivity contribution >= 4 is 17.3 Å². The summed E-state index contributed by atoms with van der Waals surface area (Å²) in [6.07, 6.45) is 0.836. The fourth-order valence-electron chi connectivity index (χ4n) is 3.44. The van der Waals surface area contributed by atoms with E-state index in [-0.39, 0.29) is 23.7 Å². The average Bonchev–Trinajstić information content (AvgIpc) is 2.60. The zero-order valence-corrected chi connectivity index (χ0v) is 14.5. The van der Waals surface area contributed by atoms with E-state index in [1.807, 2.05) is 39.2 Å². The van der Waals surface area contributed by atoms with Gasteiger partial charge in [0, 0.05) is 35.5 Å². The van der Waals surface area contributed by atoms with Crippen molar-refractivity contribution in [2.45, 2.75) is 25.4 Å². The summed E-state index contributed by atoms with van der Waals surface area (Å²) in [4.78, 5) is 27.4. The number of nitro benzene ring substituents is 1. The van der Waals surface area contributed by atoms with Gasteiger partial charge in [0.05, 0.1) is 4.92 Å². The van der Waals surface area contributed by atoms with Crippen LogP contribution in [0.15, 0.2) is 48.5 Å². The maximum Gasteiger partial charge on any atom is 0.269 e. The van der Waals surface area contributed by atoms with E-state index in [1.165, 1.54) is 24.3 Å². The Bertz CT molecular complexity index is 802. The molecular weight excluding hydrogens is 318 g/mol. The zero-order chi connectivity index (χ0) is 18.1. The highest BCUT2D eigenvalue weighted by atomic mass is 16.6. The molecule has 6 nitrogen and oxygen atoms in total. The molecule has 0 radical (unpaired) electrons. The number of nitrogens with zero attached hydrogens (tertiary/aromatic N) is 3. The standard InChI is InChI=1S/C19H21N3O3/c1-13-12-18(20(2)3)16-6-4-5-7-17(16)21(13)19(23)14-8-10-15(11-9-14)22(24)25/h4-11,13,18H,12H2,1-3H3. The van der Waals surface area contributed by atoms with Crippen LogP contribution < -0.4 is 4.90 Å². The van der Waals surface area contributed by atoms with Gasteiger partial charge in [0.2, 0.25) is 0 Å². The first-order valence-corrected chi connectivity index (χ1v) is 8.23. The zero-order valence-electron chi connectivity index (χ0n) is 14.5. The van der Waals surface area contributed by atoms with E-state index in [4.69, 9.17) is 0 Å². The molecule has 1 amide bonds. The number of amides is 1. The molecule has 2 aromatic rings. The summed E-state index contributed by atoms with van der Waals surface area (Å²) in [5, 5.41) is 10.8. The van der Waals surface area contributed by atoms with Gasteiger partial charge in [-0.3, -0.25) is 14.9 Å². The van der Waals surface area contributed by atoms with Crippen molar-refractivity contribution in [3.05, 3.63) is 69.8 Å². The smallest absolute Gasteiger partial charge is 0.269 e. The van der Waals surface area contributed by atoms with Crippen molar-refractivity contribution in [2.75, 3.05) is 19.0 Å². The predicted octanol–water partition coefficient (Wildman–Crippen LogP) is 3.64. The van der Waals surface area contributed by atoms with Gasteiger partial charge in [-0.25, -0.2) is 0 Å². The largest absolute Gasteiger partial charge is 0.305 e. The predicted molar refractivity (Wildman–Crippen MR) is 96.9 cm³/mol. The summed E-state index contributed by atoms with van der Waals surface area (Å²) in [5.41, 5.74) is 2.47. The van der Waals surface area contributed by atoms with Crippen molar-refractivity contribution in [1.29, 1.82) is 0 Å². The number of hydrogen-bond donors (Lipinski definition) is 0. The van der Waals surface area contributed by atoms with Gasteiger partial charge < -0.3 is 9.80 Å². The van der Waals surface area contributed by atoms with Crippen LogP contribution in [-0.4, -0.2) is 35.9 Å². The SMILES string of the molecule is CC1CC(N(C)C)c2ccccc2N1C(=O)c1ccc([N+](=O)[O-])cc1. The van der Waals surface area contributed by atoms with Crippen LogP contribution in [0.1, 0.15) is 35.3 Å². The van der Waals surface area contributed by atoms with E-state index in [2.05, 4.69) is 11.0 Å². The molecule has 0 saturated heterocycles. The lowest BCUT2D eigenvalue weighted by atomic mass is 9.90. The van der Waals surface area contributed by atoms with Gasteiger partial charge in [-0.05, 0) is 51.2 Å². The molecule has 0 aromatic heterocycles. The molecule has 1 aliphatic rings. The Morgan fingerprint density at radius 1 is 1.16 bits per heavy atom. The number of carbonyl (C=O) groups is 1. The van der Waals surface area contributed by atoms with Gasteiger partial charge in [-0.1, -0.05) is 18.2 Å². The lowest BCUT2D eigenvalue weighted by Gasteiger charge is -2.41. The van der Waals surface area contributed by atoms with E-state index in [0.29, 0.717) is 5.56 Å². The Kier molecular flexibility index (Phi) is 4.55. The van der Waals surface area contributed by atoms with Gasteiger partial charge in [-0.15, -0.1) is 0 Å². The molecule has 1 aliphatic heterocycles. The lowest BCUT2D eigenvalue weighted by Crippen LogP contribution is -2.45. The molecule has 0 fully saturated rings. The lowest BCUT2D eigenvalue weighted by molar-refractivity contribution is -0.384. The molecule has 0 saturated carbocycles. The second-order valence-corrected chi connectivity index (χ2v) is 6.60. The summed E-state index contributed by atoms with van der Waals surface area (Å²) >= 11 is 0. The quantitative estimate of drug-likeness (QED) is 0.632. The molecule has 0 N–H and O–H groups in total. The average molecular weight is 339 g/mol. The van der Waals surface area contributed by atoms with Gasteiger partial charge in [0.15, 0.2) is 0 Å². The first-order chi connectivity index (χ1) is 11.9. The number of benzene rings is 2. The second-order valence-electron chi connectivity index (χ2n) is 6.60. The highest BCUT2D eigenvalue weighted by Crippen LogP contribution is 2.40. The molecular formula is C19H21N3O3. The van der Waals surface area contributed by atoms with E-state index in [9.17, 15) is 14.9 Å². The highest BCUT2D eigenvalue weighted by molar-refractivity contribution is 6.07. The monoisotopic (exact) mass is 339 g/mol. The minimum absolute atomic E-state index is 0.0173. The molecule has 0 spiro atoms. The van der Waals surface area contributed by atoms with Crippen LogP contribution in [0.4, 0.5) is 11.4 Å². The van der Waals surface area contributed by atoms with Gasteiger partial charge in [-0.2, -0.15) is 0 Å². The van der Waals surface area contributed by atoms with Gasteiger partial charge in [0.25, 0.3) is 11.6 Å². The second kappa shape index (κ2) is 6.64. The van der Waals surface area contributed by atoms with Gasteiger partial charge in [0.1, 0.15) is 0 Å². The molecule has 0 bridgehead atoms. The first-order valence-electron chi connectivity index (χ1n) is 8.23. The van der Waals surface area contributed by atoms with Crippen LogP contribution in [0.3, 0.4) is 0 Å². The number of carbonyl (C=O) groups excluding carboxylic acids is 1. The summed E-state index contributed by atoms with van der Waals surface area (Å²) in [6, 6.07) is 14.0. The number of rotatable bonds is 3. The molecule has 2 unspecified atom stereocenters. The van der Waals surface area contributed by atoms with Crippen LogP contribution >= 0.6 is 0 Å². The van der Waals surface area contributed by atoms with E-state index in [0.717, 1.165) is 17.7 Å². The number of non-ortho nitro benzene ring substituents is 1. The Morgan fingerprint density at radius 2 is 1.80 bits per heavy atom. The third-order valence-corrected chi connectivity index (χ3v) is 4.73. The Hall–Kier alpha value is -2.73. The van der Waals surface area contributed by atoms with Gasteiger partial charge >= 0.3 is 0 Å². The maximum atomic E-state index is 13.1. The van der Waals surface area contributed by atoms with E-state index < -0.39 is 4.92 Å². The molecule has 1 heterocycles. The third kappa shape index (κ3) is 3.13. The minimum Gasteiger partial charge on any atom is -0.305 e. The van der Waals surface area contributed by atoms with Crippen LogP contribution in [0.2, 0.25) is 0 Å². The van der Waals surface area contributed by atoms with Crippen molar-refractivity contribution in [3.63, 3.8) is 0 Å². The molecule has 130 valence electrons. The Balaban J connectivity index is 1.99. The molecule has 6 heteroatoms. The van der Waals surface area contributed by atoms with Crippen molar-refractivity contribution in [1.82, 2.24) is 4.90 Å². The molecule has 2 aromatic carbocycles. The normalized spacial score (nSPS) is 19.6. The number of anilines is 1. The first kappa shape index (κ1) is 17.1. The summed E-state index contributed by atoms with van der Waals surface area (Å²) in [5.74, 6) is -0.132. The molecule has 3 rings (SSSR count). The number of para-hydroxylation sites is 1. The molecule has 25 heavy (non-hydrogen) atoms. The highest BCUT2D eigenvalue weighted by Gasteiger charge is 2.34. The van der Waals surface area contributed by atoms with E-state index >= 15 is 0 Å². The Morgan fingerprint density at radius 3 is 2.40 bits per heavy atom. The maximum absolute atomic E-state index is 13.1. The molecule has 2 atom stereocenters. The summed E-state index contributed by atoms with van der Waals surface area (Å²) in [6.45, 7) is 2.04. The number of fused-ring (bicyclic) bond motifs is 1. The van der Waals surface area contributed by atoms with Crippen molar-refractivity contribution in [3.8, 4) is 0 Å². The Labute approximate surface area is 146 Å². The van der Waals surface area contributed by atoms with Crippen LogP contribution in [0, 0.1) is 10.1 Å². The van der Waals surface area contributed by atoms with Crippen LogP contribution in [0.25, 0.3) is 0 Å². The molecule has 0 aliphatic carbocycles. The summed E-state index contributed by atoms with van der Waals surface area (Å²) in [7, 11) is 4.09. The third-order valence-electron chi connectivity index (χ3n) is 4.73. The number of nitro groups is 1. The summed E-state index contributed by atoms with van der Waals surface area (Å²) < 4.78 is 0. The number of hydrogen-bond acceptors (Lipinski definition) is 4. The van der Waals surface area contributed by atoms with Crippen molar-refractivity contribution < 1.29 is 9.72 Å². The van der Waals surface area contributed by atoms with Crippen LogP contribution in [0.5, 0.6) is 0 Å². The minimum atomic E-state index is -0.464. The topological polar surface area (TPSA) is 66.7 Å². The van der Waals surface area contributed by atoms with Crippen molar-refractivity contribution in [2.24, 2.45) is 0 Å². The van der Waals surface area contributed by atoms with Crippen LogP contribution in [-0.2, 0) is 0 Å². The fourth-order valence-corrected chi connectivity index (χ4v) is 3.44. The van der Waals surface area contributed by atoms with E-state index in [1.54, 1.807) is 4.90 Å². The fraction of sp³-hybridized carbons (Fsp3) is 0.316.